The summed E-state index contributed by atoms with van der Waals surface area (Å²) in [6.45, 7) is -0.0739. The Hall–Kier alpha value is -18.8. The van der Waals surface area contributed by atoms with Crippen LogP contribution in [0.1, 0.15) is 117 Å². The molecule has 48 heteroatoms. The molecule has 10 aromatic rings. The fourth-order valence-corrected chi connectivity index (χ4v) is 11.3. The number of carbonyl (C=O) groups is 12. The van der Waals surface area contributed by atoms with Crippen molar-refractivity contribution < 1.29 is 237 Å². The van der Waals surface area contributed by atoms with Crippen molar-refractivity contribution >= 4 is 71.6 Å². The Morgan fingerprint density at radius 3 is 0.633 bits per heavy atom. The molecule has 1 aliphatic heterocycles. The summed E-state index contributed by atoms with van der Waals surface area (Å²) in [6, 6.07) is 8.64. The molecule has 0 radical (unpaired) electrons. The normalized spacial score (nSPS) is 14.4. The van der Waals surface area contributed by atoms with Gasteiger partial charge in [0, 0.05) is 13.8 Å². The lowest BCUT2D eigenvalue weighted by molar-refractivity contribution is -0.282. The van der Waals surface area contributed by atoms with Crippen LogP contribution in [0.3, 0.4) is 0 Å². The van der Waals surface area contributed by atoms with E-state index in [4.69, 9.17) is 61.6 Å². The maximum atomic E-state index is 15.4. The summed E-state index contributed by atoms with van der Waals surface area (Å²) in [5.41, 5.74) is -10.0. The molecule has 0 amide bonds. The molecule has 23 N–H and O–H groups in total. The third-order valence-corrected chi connectivity index (χ3v) is 17.4. The van der Waals surface area contributed by atoms with Crippen LogP contribution in [-0.4, -0.2) is 226 Å². The van der Waals surface area contributed by atoms with Gasteiger partial charge in [0.15, 0.2) is 144 Å². The average molecular weight is 1790 g/mol. The van der Waals surface area contributed by atoms with Gasteiger partial charge >= 0.3 is 71.6 Å². The van der Waals surface area contributed by atoms with Crippen LogP contribution in [0.15, 0.2) is 121 Å². The minimum Gasteiger partial charge on any atom is -0.504 e. The van der Waals surface area contributed by atoms with Gasteiger partial charge in [-0.3, -0.25) is 9.59 Å². The van der Waals surface area contributed by atoms with Gasteiger partial charge < -0.3 is 179 Å². The molecule has 1 fully saturated rings. The number of phenolic OH excluding ortho intramolecular Hbond substituents is 23. The number of esters is 12. The van der Waals surface area contributed by atoms with Crippen molar-refractivity contribution in [3.63, 3.8) is 0 Å². The molecular formula is C80H56O48. The molecule has 5 atom stereocenters. The van der Waals surface area contributed by atoms with E-state index in [9.17, 15) is 156 Å². The van der Waals surface area contributed by atoms with E-state index in [1.54, 1.807) is 0 Å². The second-order valence-corrected chi connectivity index (χ2v) is 26.3. The highest BCUT2D eigenvalue weighted by molar-refractivity contribution is 6.00. The first-order valence-corrected chi connectivity index (χ1v) is 35.0. The Morgan fingerprint density at radius 1 is 0.219 bits per heavy atom. The van der Waals surface area contributed by atoms with E-state index < -0.39 is 337 Å². The molecule has 0 bridgehead atoms. The Morgan fingerprint density at radius 2 is 0.398 bits per heavy atom. The average Bonchev–Trinajstić information content (AvgIpc) is 0.762. The van der Waals surface area contributed by atoms with Gasteiger partial charge in [0.05, 0.1) is 55.6 Å². The zero-order valence-electron chi connectivity index (χ0n) is 63.6. The lowest BCUT2D eigenvalue weighted by Gasteiger charge is -2.43. The number of phenols is 23. The smallest absolute Gasteiger partial charge is 0.343 e. The van der Waals surface area contributed by atoms with Gasteiger partial charge in [-0.25, -0.2) is 47.9 Å². The van der Waals surface area contributed by atoms with E-state index >= 15 is 19.2 Å². The molecule has 0 spiro atoms. The van der Waals surface area contributed by atoms with E-state index in [0.29, 0.717) is 115 Å². The molecule has 0 aliphatic carbocycles. The molecule has 1 aliphatic rings. The van der Waals surface area contributed by atoms with Crippen LogP contribution in [-0.2, 0) is 38.0 Å². The third kappa shape index (κ3) is 19.3. The van der Waals surface area contributed by atoms with Crippen molar-refractivity contribution in [2.45, 2.75) is 44.6 Å². The second-order valence-electron chi connectivity index (χ2n) is 26.3. The van der Waals surface area contributed by atoms with Gasteiger partial charge in [-0.15, -0.1) is 0 Å². The van der Waals surface area contributed by atoms with Gasteiger partial charge in [-0.05, 0) is 121 Å². The number of aromatic hydroxyl groups is 23. The lowest BCUT2D eigenvalue weighted by Crippen LogP contribution is -2.63. The van der Waals surface area contributed by atoms with Crippen molar-refractivity contribution in [3.05, 3.63) is 177 Å². The first kappa shape index (κ1) is 90.0. The first-order valence-electron chi connectivity index (χ1n) is 35.0. The topological polar surface area (TPSA) is 790 Å². The molecule has 1 saturated heterocycles. The van der Waals surface area contributed by atoms with Gasteiger partial charge in [0.2, 0.25) is 52.6 Å². The van der Waals surface area contributed by atoms with Crippen LogP contribution in [0.5, 0.6) is 172 Å². The summed E-state index contributed by atoms with van der Waals surface area (Å²) in [5.74, 6) is -58.1. The lowest BCUT2D eigenvalue weighted by atomic mass is 9.97. The quantitative estimate of drug-likeness (QED) is 0.0168. The maximum Gasteiger partial charge on any atom is 0.343 e. The van der Waals surface area contributed by atoms with Gasteiger partial charge in [-0.2, -0.15) is 0 Å². The zero-order chi connectivity index (χ0) is 94.0. The molecule has 664 valence electrons. The van der Waals surface area contributed by atoms with Crippen LogP contribution in [0.4, 0.5) is 0 Å². The minimum atomic E-state index is -3.15. The van der Waals surface area contributed by atoms with Crippen LogP contribution in [0.2, 0.25) is 0 Å². The van der Waals surface area contributed by atoms with Crippen molar-refractivity contribution in [1.29, 1.82) is 0 Å². The van der Waals surface area contributed by atoms with E-state index in [-0.39, 0.29) is 6.07 Å². The predicted octanol–water partition coefficient (Wildman–Crippen LogP) is 5.28. The molecule has 1 heterocycles. The SMILES string of the molecule is CC(=O)Oc1cc(C(=O)Oc2cc(C(=O)O[C@H]3O[C@@H](COC(=O)c4cc(O)c(O)c(OC(=O)c5cc(O)c(O)c(O)c5)c4)[C@H](OC(=O)c4cc(O)c(O)c(OC(=O)c5cc(O)c(O)c(O)c5)c4)[C@@H](OC(=O)c4cc(O)c(O)c(OC(=O)c5cc(O)c(O)c(O)c5)c4)[C@@H]3OC(=O)c3cc(O)c(O)c(OC(=O)c4cc(O)c(O)c(OC(C)=O)c4)c3)cc(O)c2O)cc(O)c1O. The highest BCUT2D eigenvalue weighted by Crippen LogP contribution is 2.48. The molecule has 11 rings (SSSR count). The fourth-order valence-electron chi connectivity index (χ4n) is 11.3. The van der Waals surface area contributed by atoms with E-state index in [1.165, 1.54) is 0 Å². The number of carbonyl (C=O) groups excluding carboxylic acids is 12. The van der Waals surface area contributed by atoms with Crippen LogP contribution in [0, 0.1) is 0 Å². The van der Waals surface area contributed by atoms with Crippen molar-refractivity contribution in [2.75, 3.05) is 6.61 Å². The zero-order valence-corrected chi connectivity index (χ0v) is 63.6. The van der Waals surface area contributed by atoms with E-state index in [1.807, 2.05) is 0 Å². The number of benzene rings is 10. The largest absolute Gasteiger partial charge is 0.504 e. The molecule has 0 unspecified atom stereocenters. The Labute approximate surface area is 706 Å². The number of rotatable bonds is 23. The molecule has 0 saturated carbocycles. The fraction of sp³-hybridized carbons (Fsp3) is 0.100. The Kier molecular flexibility index (Phi) is 25.2. The number of hydrogen-bond donors (Lipinski definition) is 23. The van der Waals surface area contributed by atoms with Crippen LogP contribution < -0.4 is 33.2 Å². The standard InChI is InChI=1S/C80H56O48/c1-24(81)117-49-17-30(10-43(90)60(49)99)74(110)122-54-21-34(14-47(94)65(54)104)78(114)127-69-68(126-77(113)33-13-46(93)64(103)53(20-33)121-73(109)28-7-40(87)59(98)41(88)8-28)67(125-76(112)32-12-45(92)63(102)52(19-32)120-72(108)27-5-38(85)58(97)39(86)6-27)56(23-116-70(106)29-9-42(89)62(101)51(16-29)119-71(107)26-3-36(83)57(96)37(84)4-26)124-80(69)128-79(115)35-15-48(95)66(105)55(22-35)123-75(111)31-11-44(91)61(100)50(18-31)118-25(2)82/h3-22,56,67-69,80,83-105H,23H2,1-2H3/t56-,67-,68+,69-,80+/m0/s1. The van der Waals surface area contributed by atoms with E-state index in [0.717, 1.165) is 13.8 Å². The Bertz CT molecular complexity index is 6290. The highest BCUT2D eigenvalue weighted by Gasteiger charge is 2.55. The minimum absolute atomic E-state index is 0.287. The molecule has 0 aromatic heterocycles. The third-order valence-electron chi connectivity index (χ3n) is 17.4. The summed E-state index contributed by atoms with van der Waals surface area (Å²) in [7, 11) is 0. The van der Waals surface area contributed by atoms with E-state index in [2.05, 4.69) is 0 Å². The van der Waals surface area contributed by atoms with Crippen LogP contribution >= 0.6 is 0 Å². The van der Waals surface area contributed by atoms with Crippen molar-refractivity contribution in [3.8, 4) is 172 Å². The molecular weight excluding hydrogens is 1730 g/mol. The van der Waals surface area contributed by atoms with Gasteiger partial charge in [0.1, 0.15) is 12.7 Å². The predicted molar refractivity (Wildman–Crippen MR) is 402 cm³/mol. The highest BCUT2D eigenvalue weighted by atomic mass is 16.8. The summed E-state index contributed by atoms with van der Waals surface area (Å²) >= 11 is 0. The first-order chi connectivity index (χ1) is 60.1. The van der Waals surface area contributed by atoms with Gasteiger partial charge in [0.25, 0.3) is 0 Å². The molecule has 48 nitrogen and oxygen atoms in total. The summed E-state index contributed by atoms with van der Waals surface area (Å²) in [6.07, 6.45) is -15.2. The summed E-state index contributed by atoms with van der Waals surface area (Å²) in [4.78, 5) is 167. The maximum absolute atomic E-state index is 15.4. The van der Waals surface area contributed by atoms with Crippen LogP contribution in [0.25, 0.3) is 0 Å². The summed E-state index contributed by atoms with van der Waals surface area (Å²) in [5, 5.41) is 243. The molecule has 10 aromatic carbocycles. The van der Waals surface area contributed by atoms with Gasteiger partial charge in [-0.1, -0.05) is 0 Å². The second kappa shape index (κ2) is 35.9. The van der Waals surface area contributed by atoms with Crippen molar-refractivity contribution in [2.24, 2.45) is 0 Å². The Balaban J connectivity index is 1.09. The number of ether oxygens (including phenoxy) is 13. The summed E-state index contributed by atoms with van der Waals surface area (Å²) < 4.78 is 70.4. The number of hydrogen-bond acceptors (Lipinski definition) is 48. The molecule has 128 heavy (non-hydrogen) atoms. The monoisotopic (exact) mass is 1780 g/mol. The van der Waals surface area contributed by atoms with Crippen molar-refractivity contribution in [1.82, 2.24) is 0 Å².